The van der Waals surface area contributed by atoms with Gasteiger partial charge in [-0.2, -0.15) is 0 Å². The number of esters is 1. The Labute approximate surface area is 259 Å². The molecule has 3 N–H and O–H groups in total. The van der Waals surface area contributed by atoms with Crippen LogP contribution in [0.2, 0.25) is 0 Å². The van der Waals surface area contributed by atoms with Crippen LogP contribution in [-0.4, -0.2) is 56.7 Å². The van der Waals surface area contributed by atoms with Crippen molar-refractivity contribution in [1.29, 1.82) is 0 Å². The largest absolute Gasteiger partial charge is 0.493 e. The van der Waals surface area contributed by atoms with E-state index in [2.05, 4.69) is 20.9 Å². The highest BCUT2D eigenvalue weighted by molar-refractivity contribution is 7.13. The molecule has 44 heavy (non-hydrogen) atoms. The highest BCUT2D eigenvalue weighted by Crippen LogP contribution is 2.50. The Morgan fingerprint density at radius 2 is 1.84 bits per heavy atom. The molecule has 12 nitrogen and oxygen atoms in total. The number of hydrogen-bond donors (Lipinski definition) is 3. The van der Waals surface area contributed by atoms with Crippen molar-refractivity contribution in [3.8, 4) is 28.4 Å². The molecule has 0 aliphatic heterocycles. The standard InChI is InChI=1S/C31H36N4O8S/c1-7-43-26(38)13-19-15-44-31(34-19)35-30(39)16(2)32-23-11-9-20-21(14-24(23)37)22(33-17(3)36)10-8-18-12-25(40-4)28(41-5)29(42-6)27(18)20/h9,11-12,14-16,22H,7-8,10,13H2,1-6H3,(H,32,37)(H,33,36)(H,34,35,39). The number of nitrogens with one attached hydrogen (secondary N) is 3. The van der Waals surface area contributed by atoms with Crippen molar-refractivity contribution in [3.05, 3.63) is 56.7 Å². The number of hydrogen-bond acceptors (Lipinski definition) is 11. The molecule has 3 aromatic rings. The lowest BCUT2D eigenvalue weighted by Crippen LogP contribution is -2.33. The van der Waals surface area contributed by atoms with Gasteiger partial charge < -0.3 is 34.9 Å². The Morgan fingerprint density at radius 3 is 2.50 bits per heavy atom. The molecule has 0 saturated heterocycles. The number of anilines is 2. The van der Waals surface area contributed by atoms with Crippen LogP contribution in [0.1, 0.15) is 50.1 Å². The average molecular weight is 625 g/mol. The molecule has 2 amide bonds. The van der Waals surface area contributed by atoms with E-state index in [1.807, 2.05) is 6.07 Å². The molecular weight excluding hydrogens is 588 g/mol. The molecule has 2 unspecified atom stereocenters. The second-order valence-corrected chi connectivity index (χ2v) is 10.9. The molecule has 0 spiro atoms. The summed E-state index contributed by atoms with van der Waals surface area (Å²) < 4.78 is 22.0. The minimum absolute atomic E-state index is 0.00475. The maximum absolute atomic E-state index is 13.6. The van der Waals surface area contributed by atoms with E-state index in [-0.39, 0.29) is 30.1 Å². The fourth-order valence-electron chi connectivity index (χ4n) is 5.14. The highest BCUT2D eigenvalue weighted by atomic mass is 32.1. The smallest absolute Gasteiger partial charge is 0.311 e. The first-order valence-corrected chi connectivity index (χ1v) is 14.9. The van der Waals surface area contributed by atoms with E-state index < -0.39 is 24.0 Å². The number of amides is 2. The van der Waals surface area contributed by atoms with Gasteiger partial charge >= 0.3 is 5.97 Å². The number of carbonyl (C=O) groups is 3. The topological polar surface area (TPSA) is 154 Å². The lowest BCUT2D eigenvalue weighted by molar-refractivity contribution is -0.142. The Kier molecular flexibility index (Phi) is 10.4. The molecule has 0 fully saturated rings. The summed E-state index contributed by atoms with van der Waals surface area (Å²) in [5.41, 5.74) is 3.22. The lowest BCUT2D eigenvalue weighted by Gasteiger charge is -2.19. The van der Waals surface area contributed by atoms with Crippen molar-refractivity contribution in [2.75, 3.05) is 38.6 Å². The maximum Gasteiger partial charge on any atom is 0.311 e. The predicted octanol–water partition coefficient (Wildman–Crippen LogP) is 3.86. The third-order valence-corrected chi connectivity index (χ3v) is 7.90. The van der Waals surface area contributed by atoms with Gasteiger partial charge in [-0.25, -0.2) is 4.98 Å². The number of aryl methyl sites for hydroxylation is 1. The number of nitrogens with zero attached hydrogens (tertiary/aromatic N) is 1. The Morgan fingerprint density at radius 1 is 1.09 bits per heavy atom. The van der Waals surface area contributed by atoms with Crippen LogP contribution in [0, 0.1) is 0 Å². The van der Waals surface area contributed by atoms with E-state index in [1.54, 1.807) is 38.5 Å². The van der Waals surface area contributed by atoms with Crippen molar-refractivity contribution < 1.29 is 33.3 Å². The minimum Gasteiger partial charge on any atom is -0.493 e. The molecule has 13 heteroatoms. The molecule has 1 heterocycles. The second-order valence-electron chi connectivity index (χ2n) is 10.1. The van der Waals surface area contributed by atoms with Crippen LogP contribution in [-0.2, 0) is 32.0 Å². The Hall–Kier alpha value is -4.65. The molecule has 0 bridgehead atoms. The molecule has 234 valence electrons. The van der Waals surface area contributed by atoms with Gasteiger partial charge in [0.25, 0.3) is 0 Å². The molecule has 2 atom stereocenters. The number of aromatic nitrogens is 1. The van der Waals surface area contributed by atoms with Gasteiger partial charge in [0.1, 0.15) is 6.04 Å². The molecule has 1 aliphatic carbocycles. The fourth-order valence-corrected chi connectivity index (χ4v) is 5.86. The quantitative estimate of drug-likeness (QED) is 0.268. The summed E-state index contributed by atoms with van der Waals surface area (Å²) in [4.78, 5) is 54.8. The van der Waals surface area contributed by atoms with Gasteiger partial charge in [-0.3, -0.25) is 19.2 Å². The second kappa shape index (κ2) is 14.2. The zero-order chi connectivity index (χ0) is 32.0. The van der Waals surface area contributed by atoms with E-state index in [9.17, 15) is 19.2 Å². The predicted molar refractivity (Wildman–Crippen MR) is 167 cm³/mol. The molecule has 1 aliphatic rings. The fraction of sp³-hybridized carbons (Fsp3) is 0.387. The minimum atomic E-state index is -0.820. The monoisotopic (exact) mass is 624 g/mol. The van der Waals surface area contributed by atoms with Gasteiger partial charge in [0.15, 0.2) is 16.6 Å². The van der Waals surface area contributed by atoms with Gasteiger partial charge in [-0.1, -0.05) is 6.07 Å². The Balaban J connectivity index is 1.69. The van der Waals surface area contributed by atoms with E-state index in [0.29, 0.717) is 52.0 Å². The molecule has 0 saturated carbocycles. The summed E-state index contributed by atoms with van der Waals surface area (Å²) in [7, 11) is 4.60. The van der Waals surface area contributed by atoms with Crippen LogP contribution < -0.4 is 35.6 Å². The normalized spacial score (nSPS) is 14.2. The molecule has 2 aromatic carbocycles. The molecule has 0 radical (unpaired) electrons. The lowest BCUT2D eigenvalue weighted by atomic mass is 9.95. The van der Waals surface area contributed by atoms with Crippen LogP contribution in [0.25, 0.3) is 11.1 Å². The molecule has 4 rings (SSSR count). The Bertz CT molecular complexity index is 1620. The summed E-state index contributed by atoms with van der Waals surface area (Å²) in [6.45, 7) is 5.05. The number of carbonyl (C=O) groups excluding carboxylic acids is 3. The first-order valence-electron chi connectivity index (χ1n) is 14.0. The van der Waals surface area contributed by atoms with Gasteiger partial charge in [0.2, 0.25) is 23.0 Å². The average Bonchev–Trinajstić information content (AvgIpc) is 3.29. The SMILES string of the molecule is CCOC(=O)Cc1csc(NC(=O)C(C)Nc2ccc3c(cc2=O)C(NC(C)=O)CCc2cc(OC)c(OC)c(OC)c2-3)n1. The number of thiazole rings is 1. The van der Waals surface area contributed by atoms with E-state index in [0.717, 1.165) is 11.1 Å². The highest BCUT2D eigenvalue weighted by Gasteiger charge is 2.29. The van der Waals surface area contributed by atoms with Crippen LogP contribution in [0.4, 0.5) is 10.8 Å². The van der Waals surface area contributed by atoms with Crippen molar-refractivity contribution in [1.82, 2.24) is 10.3 Å². The summed E-state index contributed by atoms with van der Waals surface area (Å²) in [6, 6.07) is 5.47. The van der Waals surface area contributed by atoms with Gasteiger partial charge in [-0.15, -0.1) is 11.3 Å². The van der Waals surface area contributed by atoms with Crippen molar-refractivity contribution in [3.63, 3.8) is 0 Å². The summed E-state index contributed by atoms with van der Waals surface area (Å²) in [5.74, 6) is 0.296. The van der Waals surface area contributed by atoms with Crippen LogP contribution in [0.15, 0.2) is 34.4 Å². The van der Waals surface area contributed by atoms with Gasteiger partial charge in [0, 0.05) is 17.9 Å². The van der Waals surface area contributed by atoms with E-state index >= 15 is 0 Å². The number of rotatable bonds is 11. The number of methoxy groups -OCH3 is 3. The van der Waals surface area contributed by atoms with Crippen LogP contribution in [0.5, 0.6) is 17.2 Å². The van der Waals surface area contributed by atoms with Crippen molar-refractivity contribution >= 4 is 39.9 Å². The van der Waals surface area contributed by atoms with Crippen molar-refractivity contribution in [2.24, 2.45) is 0 Å². The van der Waals surface area contributed by atoms with E-state index in [4.69, 9.17) is 18.9 Å². The summed E-state index contributed by atoms with van der Waals surface area (Å²) >= 11 is 1.18. The molecular formula is C31H36N4O8S. The van der Waals surface area contributed by atoms with Crippen molar-refractivity contribution in [2.45, 2.75) is 52.1 Å². The maximum atomic E-state index is 13.6. The van der Waals surface area contributed by atoms with Gasteiger partial charge in [0.05, 0.1) is 51.8 Å². The number of ether oxygens (including phenoxy) is 4. The van der Waals surface area contributed by atoms with E-state index in [1.165, 1.54) is 38.5 Å². The van der Waals surface area contributed by atoms with Crippen LogP contribution in [0.3, 0.4) is 0 Å². The summed E-state index contributed by atoms with van der Waals surface area (Å²) in [6.07, 6.45) is 1.10. The zero-order valence-corrected chi connectivity index (χ0v) is 26.3. The number of fused-ring (bicyclic) bond motifs is 3. The first-order chi connectivity index (χ1) is 21.1. The third kappa shape index (κ3) is 7.10. The molecule has 1 aromatic heterocycles. The third-order valence-electron chi connectivity index (χ3n) is 7.09. The van der Waals surface area contributed by atoms with Gasteiger partial charge in [-0.05, 0) is 61.6 Å². The summed E-state index contributed by atoms with van der Waals surface area (Å²) in [5, 5.41) is 10.7. The zero-order valence-electron chi connectivity index (χ0n) is 25.5. The first kappa shape index (κ1) is 32.3. The van der Waals surface area contributed by atoms with Crippen LogP contribution >= 0.6 is 11.3 Å². The number of benzene rings is 1.